The molecule has 0 radical (unpaired) electrons. The van der Waals surface area contributed by atoms with Crippen LogP contribution in [0.5, 0.6) is 5.75 Å². The summed E-state index contributed by atoms with van der Waals surface area (Å²) in [6.45, 7) is 7.88. The van der Waals surface area contributed by atoms with Crippen LogP contribution in [0, 0.1) is 5.41 Å². The second-order valence-corrected chi connectivity index (χ2v) is 8.66. The van der Waals surface area contributed by atoms with Gasteiger partial charge in [0.05, 0.1) is 21.7 Å². The molecule has 2 aromatic rings. The number of carbonyl (C=O) groups is 1. The molecular weight excluding hydrogens is 364 g/mol. The molecular formula is C20H22N2O4S. The number of carbonyl (C=O) groups excluding carboxylic acids is 1. The Kier molecular flexibility index (Phi) is 4.97. The van der Waals surface area contributed by atoms with Gasteiger partial charge in [0, 0.05) is 12.6 Å². The van der Waals surface area contributed by atoms with Crippen molar-refractivity contribution in [2.24, 2.45) is 5.41 Å². The maximum Gasteiger partial charge on any atom is 0.261 e. The van der Waals surface area contributed by atoms with Crippen LogP contribution in [0.1, 0.15) is 13.8 Å². The Bertz CT molecular complexity index is 969. The van der Waals surface area contributed by atoms with Crippen molar-refractivity contribution in [1.29, 1.82) is 0 Å². The third-order valence-corrected chi connectivity index (χ3v) is 5.68. The van der Waals surface area contributed by atoms with Crippen LogP contribution in [0.3, 0.4) is 0 Å². The zero-order chi connectivity index (χ0) is 19.7. The standard InChI is InChI=1S/C20H22N2O4S/c1-4-12-22-17-11-10-15(13-18(17)26-14-20(2,3)19(22)23)21-27(24,25)16-8-6-5-7-9-16/h4-11,13,21H,1,12,14H2,2-3H3. The number of amides is 1. The quantitative estimate of drug-likeness (QED) is 0.799. The molecule has 1 aliphatic heterocycles. The molecule has 27 heavy (non-hydrogen) atoms. The van der Waals surface area contributed by atoms with Gasteiger partial charge in [-0.2, -0.15) is 0 Å². The van der Waals surface area contributed by atoms with E-state index < -0.39 is 15.4 Å². The molecule has 0 aliphatic carbocycles. The third kappa shape index (κ3) is 3.83. The minimum atomic E-state index is -3.71. The zero-order valence-electron chi connectivity index (χ0n) is 15.3. The van der Waals surface area contributed by atoms with Gasteiger partial charge in [0.2, 0.25) is 5.91 Å². The number of nitrogens with one attached hydrogen (secondary N) is 1. The van der Waals surface area contributed by atoms with E-state index in [1.54, 1.807) is 47.4 Å². The highest BCUT2D eigenvalue weighted by molar-refractivity contribution is 7.92. The molecule has 0 unspecified atom stereocenters. The van der Waals surface area contributed by atoms with Gasteiger partial charge >= 0.3 is 0 Å². The molecule has 7 heteroatoms. The second-order valence-electron chi connectivity index (χ2n) is 6.98. The number of hydrogen-bond donors (Lipinski definition) is 1. The first kappa shape index (κ1) is 19.0. The lowest BCUT2D eigenvalue weighted by Gasteiger charge is -2.27. The average Bonchev–Trinajstić information content (AvgIpc) is 2.73. The average molecular weight is 386 g/mol. The maximum absolute atomic E-state index is 12.8. The van der Waals surface area contributed by atoms with Gasteiger partial charge in [-0.3, -0.25) is 9.52 Å². The molecule has 6 nitrogen and oxygen atoms in total. The largest absolute Gasteiger partial charge is 0.490 e. The van der Waals surface area contributed by atoms with Crippen LogP contribution in [-0.2, 0) is 14.8 Å². The fraction of sp³-hybridized carbons (Fsp3) is 0.250. The minimum absolute atomic E-state index is 0.0706. The van der Waals surface area contributed by atoms with Gasteiger partial charge in [0.15, 0.2) is 0 Å². The van der Waals surface area contributed by atoms with Crippen molar-refractivity contribution in [1.82, 2.24) is 0 Å². The Balaban J connectivity index is 1.96. The van der Waals surface area contributed by atoms with Gasteiger partial charge < -0.3 is 9.64 Å². The molecule has 0 spiro atoms. The summed E-state index contributed by atoms with van der Waals surface area (Å²) < 4.78 is 33.5. The summed E-state index contributed by atoms with van der Waals surface area (Å²) in [6, 6.07) is 13.0. The Morgan fingerprint density at radius 1 is 1.22 bits per heavy atom. The number of anilines is 2. The number of benzene rings is 2. The van der Waals surface area contributed by atoms with Crippen molar-refractivity contribution in [3.8, 4) is 5.75 Å². The van der Waals surface area contributed by atoms with Gasteiger partial charge in [-0.05, 0) is 38.1 Å². The minimum Gasteiger partial charge on any atom is -0.490 e. The van der Waals surface area contributed by atoms with Crippen molar-refractivity contribution < 1.29 is 17.9 Å². The van der Waals surface area contributed by atoms with E-state index in [4.69, 9.17) is 4.74 Å². The van der Waals surface area contributed by atoms with E-state index in [-0.39, 0.29) is 17.4 Å². The number of sulfonamides is 1. The van der Waals surface area contributed by atoms with E-state index in [2.05, 4.69) is 11.3 Å². The van der Waals surface area contributed by atoms with E-state index in [1.165, 1.54) is 12.1 Å². The molecule has 0 fully saturated rings. The Labute approximate surface area is 159 Å². The highest BCUT2D eigenvalue weighted by Crippen LogP contribution is 2.38. The van der Waals surface area contributed by atoms with Crippen molar-refractivity contribution in [2.75, 3.05) is 22.8 Å². The summed E-state index contributed by atoms with van der Waals surface area (Å²) in [7, 11) is -3.71. The van der Waals surface area contributed by atoms with Gasteiger partial charge in [0.25, 0.3) is 10.0 Å². The maximum atomic E-state index is 12.8. The van der Waals surface area contributed by atoms with E-state index >= 15 is 0 Å². The molecule has 1 N–H and O–H groups in total. The third-order valence-electron chi connectivity index (χ3n) is 4.28. The molecule has 0 saturated carbocycles. The number of hydrogen-bond acceptors (Lipinski definition) is 4. The number of nitrogens with zero attached hydrogens (tertiary/aromatic N) is 1. The predicted molar refractivity (Wildman–Crippen MR) is 106 cm³/mol. The molecule has 1 heterocycles. The van der Waals surface area contributed by atoms with Crippen LogP contribution < -0.4 is 14.4 Å². The van der Waals surface area contributed by atoms with E-state index in [1.807, 2.05) is 13.8 Å². The fourth-order valence-electron chi connectivity index (χ4n) is 2.83. The van der Waals surface area contributed by atoms with Crippen LogP contribution >= 0.6 is 0 Å². The fourth-order valence-corrected chi connectivity index (χ4v) is 3.91. The molecule has 3 rings (SSSR count). The number of rotatable bonds is 5. The lowest BCUT2D eigenvalue weighted by molar-refractivity contribution is -0.127. The van der Waals surface area contributed by atoms with Gasteiger partial charge in [-0.1, -0.05) is 24.3 Å². The van der Waals surface area contributed by atoms with E-state index in [0.29, 0.717) is 23.7 Å². The van der Waals surface area contributed by atoms with Crippen LogP contribution in [0.25, 0.3) is 0 Å². The smallest absolute Gasteiger partial charge is 0.261 e. The van der Waals surface area contributed by atoms with Crippen molar-refractivity contribution in [3.63, 3.8) is 0 Å². The second kappa shape index (κ2) is 7.08. The summed E-state index contributed by atoms with van der Waals surface area (Å²) in [5.74, 6) is 0.378. The van der Waals surface area contributed by atoms with Crippen LogP contribution in [-0.4, -0.2) is 27.5 Å². The van der Waals surface area contributed by atoms with Crippen molar-refractivity contribution in [3.05, 3.63) is 61.2 Å². The highest BCUT2D eigenvalue weighted by Gasteiger charge is 2.37. The van der Waals surface area contributed by atoms with E-state index in [9.17, 15) is 13.2 Å². The SMILES string of the molecule is C=CCN1C(=O)C(C)(C)COc2cc(NS(=O)(=O)c3ccccc3)ccc21. The Hall–Kier alpha value is -2.80. The molecule has 0 saturated heterocycles. The van der Waals surface area contributed by atoms with Crippen LogP contribution in [0.15, 0.2) is 66.1 Å². The number of fused-ring (bicyclic) bond motifs is 1. The van der Waals surface area contributed by atoms with Gasteiger partial charge in [-0.15, -0.1) is 6.58 Å². The molecule has 2 aromatic carbocycles. The zero-order valence-corrected chi connectivity index (χ0v) is 16.1. The monoisotopic (exact) mass is 386 g/mol. The first-order chi connectivity index (χ1) is 12.7. The summed E-state index contributed by atoms with van der Waals surface area (Å²) in [5.41, 5.74) is 0.252. The first-order valence-electron chi connectivity index (χ1n) is 8.52. The van der Waals surface area contributed by atoms with Crippen molar-refractivity contribution in [2.45, 2.75) is 18.7 Å². The summed E-state index contributed by atoms with van der Waals surface area (Å²) in [4.78, 5) is 14.6. The summed E-state index contributed by atoms with van der Waals surface area (Å²) in [5, 5.41) is 0. The Morgan fingerprint density at radius 3 is 2.59 bits per heavy atom. The normalized spacial score (nSPS) is 16.1. The topological polar surface area (TPSA) is 75.7 Å². The predicted octanol–water partition coefficient (Wildman–Crippen LogP) is 3.43. The molecule has 1 aliphatic rings. The highest BCUT2D eigenvalue weighted by atomic mass is 32.2. The van der Waals surface area contributed by atoms with Gasteiger partial charge in [0.1, 0.15) is 12.4 Å². The molecule has 0 aromatic heterocycles. The Morgan fingerprint density at radius 2 is 1.93 bits per heavy atom. The van der Waals surface area contributed by atoms with Crippen LogP contribution in [0.2, 0.25) is 0 Å². The van der Waals surface area contributed by atoms with Crippen LogP contribution in [0.4, 0.5) is 11.4 Å². The number of ether oxygens (including phenoxy) is 1. The van der Waals surface area contributed by atoms with Gasteiger partial charge in [-0.25, -0.2) is 8.42 Å². The lowest BCUT2D eigenvalue weighted by atomic mass is 9.93. The molecule has 0 bridgehead atoms. The molecule has 142 valence electrons. The lowest BCUT2D eigenvalue weighted by Crippen LogP contribution is -2.42. The first-order valence-corrected chi connectivity index (χ1v) is 10.0. The summed E-state index contributed by atoms with van der Waals surface area (Å²) >= 11 is 0. The summed E-state index contributed by atoms with van der Waals surface area (Å²) in [6.07, 6.45) is 1.65. The van der Waals surface area contributed by atoms with Crippen molar-refractivity contribution >= 4 is 27.3 Å². The molecule has 0 atom stereocenters. The van der Waals surface area contributed by atoms with E-state index in [0.717, 1.165) is 0 Å². The molecule has 1 amide bonds.